The summed E-state index contributed by atoms with van der Waals surface area (Å²) in [6, 6.07) is 13.5. The first-order valence-electron chi connectivity index (χ1n) is 9.53. The van der Waals surface area contributed by atoms with Gasteiger partial charge in [-0.05, 0) is 42.9 Å². The van der Waals surface area contributed by atoms with E-state index in [1.807, 2.05) is 35.2 Å². The van der Waals surface area contributed by atoms with Gasteiger partial charge in [0.25, 0.3) is 5.91 Å². The summed E-state index contributed by atoms with van der Waals surface area (Å²) in [5.74, 6) is 0.825. The zero-order valence-corrected chi connectivity index (χ0v) is 15.6. The van der Waals surface area contributed by atoms with Crippen molar-refractivity contribution in [3.63, 3.8) is 0 Å². The molecular weight excluding hydrogens is 354 g/mol. The SMILES string of the molecule is O=C(c1ccnc(-n2cnnc2)c1)N1CCC([C@@H](O)Cc2ccccc2)CC1. The van der Waals surface area contributed by atoms with E-state index in [0.29, 0.717) is 30.9 Å². The van der Waals surface area contributed by atoms with Crippen LogP contribution in [0.15, 0.2) is 61.3 Å². The van der Waals surface area contributed by atoms with E-state index in [2.05, 4.69) is 15.2 Å². The Labute approximate surface area is 163 Å². The van der Waals surface area contributed by atoms with Crippen LogP contribution in [0.4, 0.5) is 0 Å². The topological polar surface area (TPSA) is 84.1 Å². The maximum Gasteiger partial charge on any atom is 0.254 e. The minimum Gasteiger partial charge on any atom is -0.392 e. The fraction of sp³-hybridized carbons (Fsp3) is 0.333. The number of aromatic nitrogens is 4. The quantitative estimate of drug-likeness (QED) is 0.736. The largest absolute Gasteiger partial charge is 0.392 e. The van der Waals surface area contributed by atoms with Crippen LogP contribution in [0.2, 0.25) is 0 Å². The third-order valence-electron chi connectivity index (χ3n) is 5.33. The average Bonchev–Trinajstić information content (AvgIpc) is 3.29. The monoisotopic (exact) mass is 377 g/mol. The van der Waals surface area contributed by atoms with Crippen LogP contribution in [0, 0.1) is 5.92 Å². The molecule has 0 spiro atoms. The standard InChI is InChI=1S/C21H23N5O2/c27-19(12-16-4-2-1-3-5-16)17-7-10-25(11-8-17)21(28)18-6-9-22-20(13-18)26-14-23-24-15-26/h1-6,9,13-15,17,19,27H,7-8,10-12H2/t19-/m0/s1. The molecule has 3 aromatic rings. The lowest BCUT2D eigenvalue weighted by molar-refractivity contribution is 0.0467. The Morgan fingerprint density at radius 1 is 1.11 bits per heavy atom. The first kappa shape index (κ1) is 18.3. The number of likely N-dealkylation sites (tertiary alicyclic amines) is 1. The molecule has 1 aliphatic rings. The van der Waals surface area contributed by atoms with Gasteiger partial charge in [0.1, 0.15) is 18.5 Å². The molecule has 1 saturated heterocycles. The minimum atomic E-state index is -0.374. The first-order chi connectivity index (χ1) is 13.7. The molecule has 4 rings (SSSR count). The number of nitrogens with zero attached hydrogens (tertiary/aromatic N) is 5. The number of aliphatic hydroxyl groups excluding tert-OH is 1. The molecule has 2 aromatic heterocycles. The molecule has 144 valence electrons. The smallest absolute Gasteiger partial charge is 0.254 e. The van der Waals surface area contributed by atoms with Gasteiger partial charge in [-0.2, -0.15) is 0 Å². The molecule has 1 atom stereocenters. The second-order valence-corrected chi connectivity index (χ2v) is 7.16. The highest BCUT2D eigenvalue weighted by Gasteiger charge is 2.28. The van der Waals surface area contributed by atoms with E-state index in [-0.39, 0.29) is 17.9 Å². The van der Waals surface area contributed by atoms with E-state index in [4.69, 9.17) is 0 Å². The Morgan fingerprint density at radius 2 is 1.82 bits per heavy atom. The number of hydrogen-bond donors (Lipinski definition) is 1. The summed E-state index contributed by atoms with van der Waals surface area (Å²) in [5.41, 5.74) is 1.74. The van der Waals surface area contributed by atoms with E-state index in [0.717, 1.165) is 18.4 Å². The Bertz CT molecular complexity index is 906. The molecule has 1 fully saturated rings. The highest BCUT2D eigenvalue weighted by Crippen LogP contribution is 2.24. The van der Waals surface area contributed by atoms with E-state index < -0.39 is 0 Å². The number of aliphatic hydroxyl groups is 1. The Kier molecular flexibility index (Phi) is 5.43. The van der Waals surface area contributed by atoms with E-state index in [1.54, 1.807) is 35.6 Å². The van der Waals surface area contributed by atoms with Crippen molar-refractivity contribution < 1.29 is 9.90 Å². The predicted octanol–water partition coefficient (Wildman–Crippen LogP) is 2.12. The molecular formula is C21H23N5O2. The fourth-order valence-electron chi connectivity index (χ4n) is 3.70. The normalized spacial score (nSPS) is 16.1. The summed E-state index contributed by atoms with van der Waals surface area (Å²) in [6.45, 7) is 1.30. The molecule has 28 heavy (non-hydrogen) atoms. The van der Waals surface area contributed by atoms with Crippen LogP contribution in [-0.2, 0) is 6.42 Å². The maximum atomic E-state index is 12.9. The molecule has 0 aliphatic carbocycles. The van der Waals surface area contributed by atoms with E-state index in [9.17, 15) is 9.90 Å². The van der Waals surface area contributed by atoms with Crippen LogP contribution in [0.5, 0.6) is 0 Å². The second-order valence-electron chi connectivity index (χ2n) is 7.16. The van der Waals surface area contributed by atoms with Gasteiger partial charge in [0.2, 0.25) is 0 Å². The van der Waals surface area contributed by atoms with Gasteiger partial charge in [0, 0.05) is 24.8 Å². The van der Waals surface area contributed by atoms with Crippen molar-refractivity contribution in [1.82, 2.24) is 24.6 Å². The Morgan fingerprint density at radius 3 is 2.54 bits per heavy atom. The molecule has 1 N–H and O–H groups in total. The van der Waals surface area contributed by atoms with Gasteiger partial charge in [-0.1, -0.05) is 30.3 Å². The lowest BCUT2D eigenvalue weighted by Crippen LogP contribution is -2.41. The summed E-state index contributed by atoms with van der Waals surface area (Å²) in [6.07, 6.45) is 6.63. The van der Waals surface area contributed by atoms with Gasteiger partial charge in [0.15, 0.2) is 0 Å². The van der Waals surface area contributed by atoms with Crippen LogP contribution >= 0.6 is 0 Å². The van der Waals surface area contributed by atoms with Crippen molar-refractivity contribution in [3.05, 3.63) is 72.4 Å². The summed E-state index contributed by atoms with van der Waals surface area (Å²) < 4.78 is 1.67. The molecule has 0 saturated carbocycles. The third-order valence-corrected chi connectivity index (χ3v) is 5.33. The molecule has 1 aromatic carbocycles. The number of piperidine rings is 1. The van der Waals surface area contributed by atoms with Gasteiger partial charge in [-0.25, -0.2) is 4.98 Å². The zero-order valence-electron chi connectivity index (χ0n) is 15.6. The number of hydrogen-bond acceptors (Lipinski definition) is 5. The fourth-order valence-corrected chi connectivity index (χ4v) is 3.70. The number of rotatable bonds is 5. The summed E-state index contributed by atoms with van der Waals surface area (Å²) in [7, 11) is 0. The highest BCUT2D eigenvalue weighted by molar-refractivity contribution is 5.94. The number of carbonyl (C=O) groups excluding carboxylic acids is 1. The van der Waals surface area contributed by atoms with Crippen LogP contribution in [-0.4, -0.2) is 54.9 Å². The number of benzene rings is 1. The molecule has 3 heterocycles. The first-order valence-corrected chi connectivity index (χ1v) is 9.53. The van der Waals surface area contributed by atoms with Gasteiger partial charge in [-0.3, -0.25) is 9.36 Å². The second kappa shape index (κ2) is 8.31. The number of carbonyl (C=O) groups is 1. The Balaban J connectivity index is 1.36. The van der Waals surface area contributed by atoms with E-state index in [1.165, 1.54) is 0 Å². The van der Waals surface area contributed by atoms with Crippen LogP contribution < -0.4 is 0 Å². The van der Waals surface area contributed by atoms with Crippen molar-refractivity contribution in [3.8, 4) is 5.82 Å². The van der Waals surface area contributed by atoms with Crippen molar-refractivity contribution in [1.29, 1.82) is 0 Å². The summed E-state index contributed by atoms with van der Waals surface area (Å²) in [4.78, 5) is 19.0. The average molecular weight is 377 g/mol. The summed E-state index contributed by atoms with van der Waals surface area (Å²) in [5, 5.41) is 18.1. The molecule has 0 unspecified atom stereocenters. The van der Waals surface area contributed by atoms with Gasteiger partial charge in [-0.15, -0.1) is 10.2 Å². The van der Waals surface area contributed by atoms with Crippen molar-refractivity contribution in [2.24, 2.45) is 5.92 Å². The summed E-state index contributed by atoms with van der Waals surface area (Å²) >= 11 is 0. The molecule has 0 radical (unpaired) electrons. The van der Waals surface area contributed by atoms with Crippen molar-refractivity contribution in [2.75, 3.05) is 13.1 Å². The number of pyridine rings is 1. The highest BCUT2D eigenvalue weighted by atomic mass is 16.3. The van der Waals surface area contributed by atoms with E-state index >= 15 is 0 Å². The van der Waals surface area contributed by atoms with Crippen LogP contribution in [0.3, 0.4) is 0 Å². The number of amides is 1. The zero-order chi connectivity index (χ0) is 19.3. The predicted molar refractivity (Wildman–Crippen MR) is 104 cm³/mol. The van der Waals surface area contributed by atoms with Gasteiger partial charge >= 0.3 is 0 Å². The van der Waals surface area contributed by atoms with Gasteiger partial charge in [0.05, 0.1) is 6.10 Å². The van der Waals surface area contributed by atoms with Crippen LogP contribution in [0.25, 0.3) is 5.82 Å². The minimum absolute atomic E-state index is 0.00674. The lowest BCUT2D eigenvalue weighted by atomic mass is 9.88. The Hall–Kier alpha value is -3.06. The lowest BCUT2D eigenvalue weighted by Gasteiger charge is -2.34. The molecule has 1 amide bonds. The van der Waals surface area contributed by atoms with Crippen molar-refractivity contribution >= 4 is 5.91 Å². The van der Waals surface area contributed by atoms with Gasteiger partial charge < -0.3 is 10.0 Å². The molecule has 7 heteroatoms. The maximum absolute atomic E-state index is 12.9. The van der Waals surface area contributed by atoms with Crippen LogP contribution in [0.1, 0.15) is 28.8 Å². The molecule has 0 bridgehead atoms. The molecule has 1 aliphatic heterocycles. The van der Waals surface area contributed by atoms with Crippen molar-refractivity contribution in [2.45, 2.75) is 25.4 Å². The molecule has 7 nitrogen and oxygen atoms in total. The third kappa shape index (κ3) is 4.09.